The molecule has 0 aromatic carbocycles. The molecule has 2 nitrogen and oxygen atoms in total. The maximum atomic E-state index is 8.93. The Hall–Kier alpha value is -0.333. The van der Waals surface area contributed by atoms with Crippen LogP contribution in [0.5, 0.6) is 0 Å². The van der Waals surface area contributed by atoms with Crippen LogP contribution in [0.2, 0.25) is 18.1 Å². The van der Waals surface area contributed by atoms with Gasteiger partial charge >= 0.3 is 0 Å². The van der Waals surface area contributed by atoms with Crippen molar-refractivity contribution >= 4 is 8.32 Å². The third kappa shape index (κ3) is 2.12. The van der Waals surface area contributed by atoms with Crippen LogP contribution in [0.3, 0.4) is 0 Å². The summed E-state index contributed by atoms with van der Waals surface area (Å²) in [5.41, 5.74) is -0.400. The molecule has 74 valence electrons. The zero-order valence-corrected chi connectivity index (χ0v) is 10.3. The smallest absolute Gasteiger partial charge is 0.194 e. The Morgan fingerprint density at radius 2 is 1.77 bits per heavy atom. The van der Waals surface area contributed by atoms with Gasteiger partial charge < -0.3 is 4.43 Å². The van der Waals surface area contributed by atoms with E-state index in [1.807, 2.05) is 0 Å². The molecule has 0 saturated heterocycles. The number of rotatable bonds is 2. The van der Waals surface area contributed by atoms with Crippen LogP contribution in [0.25, 0.3) is 0 Å². The highest BCUT2D eigenvalue weighted by Crippen LogP contribution is 2.47. The van der Waals surface area contributed by atoms with Gasteiger partial charge in [0.2, 0.25) is 0 Å². The predicted octanol–water partition coefficient (Wildman–Crippen LogP) is 3.06. The molecule has 0 aromatic heterocycles. The van der Waals surface area contributed by atoms with Crippen molar-refractivity contribution in [3.8, 4) is 6.07 Å². The van der Waals surface area contributed by atoms with E-state index in [4.69, 9.17) is 9.69 Å². The number of nitrogens with zero attached hydrogens (tertiary/aromatic N) is 1. The van der Waals surface area contributed by atoms with Gasteiger partial charge in [0.05, 0.1) is 6.07 Å². The second kappa shape index (κ2) is 2.83. The minimum atomic E-state index is -1.72. The van der Waals surface area contributed by atoms with E-state index in [0.29, 0.717) is 0 Å². The molecule has 0 unspecified atom stereocenters. The molecular formula is C10H19NOSi. The van der Waals surface area contributed by atoms with E-state index < -0.39 is 13.9 Å². The molecule has 0 spiro atoms. The van der Waals surface area contributed by atoms with Gasteiger partial charge in [0, 0.05) is 0 Å². The lowest BCUT2D eigenvalue weighted by Crippen LogP contribution is -2.44. The quantitative estimate of drug-likeness (QED) is 0.637. The van der Waals surface area contributed by atoms with Crippen molar-refractivity contribution in [2.45, 2.75) is 57.3 Å². The Morgan fingerprint density at radius 1 is 1.31 bits per heavy atom. The van der Waals surface area contributed by atoms with Gasteiger partial charge in [-0.1, -0.05) is 20.8 Å². The lowest BCUT2D eigenvalue weighted by Gasteiger charge is -2.37. The molecule has 13 heavy (non-hydrogen) atoms. The Labute approximate surface area is 82.0 Å². The average molecular weight is 197 g/mol. The average Bonchev–Trinajstić information content (AvgIpc) is 2.66. The van der Waals surface area contributed by atoms with Gasteiger partial charge in [-0.2, -0.15) is 5.26 Å². The Balaban J connectivity index is 2.69. The highest BCUT2D eigenvalue weighted by atomic mass is 28.4. The van der Waals surface area contributed by atoms with Crippen LogP contribution < -0.4 is 0 Å². The van der Waals surface area contributed by atoms with Crippen molar-refractivity contribution in [2.24, 2.45) is 0 Å². The Bertz CT molecular complexity index is 243. The molecule has 0 N–H and O–H groups in total. The van der Waals surface area contributed by atoms with E-state index in [1.54, 1.807) is 0 Å². The summed E-state index contributed by atoms with van der Waals surface area (Å²) in [6.45, 7) is 11.0. The third-order valence-corrected chi connectivity index (χ3v) is 7.68. The Morgan fingerprint density at radius 3 is 2.00 bits per heavy atom. The van der Waals surface area contributed by atoms with Gasteiger partial charge in [-0.15, -0.1) is 0 Å². The fourth-order valence-electron chi connectivity index (χ4n) is 0.992. The normalized spacial score (nSPS) is 20.9. The van der Waals surface area contributed by atoms with Crippen LogP contribution in [0.15, 0.2) is 0 Å². The second-order valence-corrected chi connectivity index (χ2v) is 10.2. The highest BCUT2D eigenvalue weighted by molar-refractivity contribution is 6.74. The van der Waals surface area contributed by atoms with Crippen LogP contribution in [-0.4, -0.2) is 13.9 Å². The lowest BCUT2D eigenvalue weighted by atomic mass is 10.2. The molecule has 0 aromatic rings. The molecule has 0 bridgehead atoms. The van der Waals surface area contributed by atoms with Gasteiger partial charge in [-0.3, -0.25) is 0 Å². The summed E-state index contributed by atoms with van der Waals surface area (Å²) in [6.07, 6.45) is 1.85. The molecule has 1 fully saturated rings. The molecule has 0 radical (unpaired) electrons. The van der Waals surface area contributed by atoms with Gasteiger partial charge in [0.25, 0.3) is 0 Å². The number of hydrogen-bond acceptors (Lipinski definition) is 2. The second-order valence-electron chi connectivity index (χ2n) is 5.47. The summed E-state index contributed by atoms with van der Waals surface area (Å²) < 4.78 is 6.03. The summed E-state index contributed by atoms with van der Waals surface area (Å²) >= 11 is 0. The SMILES string of the molecule is CC(C)(C)[Si](C)(C)OC1(C#N)CC1. The standard InChI is InChI=1S/C10H19NOSi/c1-9(2,3)13(4,5)12-10(8-11)6-7-10/h6-7H2,1-5H3. The van der Waals surface area contributed by atoms with E-state index in [-0.39, 0.29) is 5.04 Å². The van der Waals surface area contributed by atoms with E-state index in [1.165, 1.54) is 0 Å². The fraction of sp³-hybridized carbons (Fsp3) is 0.900. The molecule has 0 aliphatic heterocycles. The van der Waals surface area contributed by atoms with Crippen molar-refractivity contribution in [1.82, 2.24) is 0 Å². The van der Waals surface area contributed by atoms with Crippen LogP contribution in [0.4, 0.5) is 0 Å². The summed E-state index contributed by atoms with van der Waals surface area (Å²) in [7, 11) is -1.72. The first-order valence-electron chi connectivity index (χ1n) is 4.84. The monoisotopic (exact) mass is 197 g/mol. The molecule has 0 heterocycles. The van der Waals surface area contributed by atoms with E-state index >= 15 is 0 Å². The molecule has 3 heteroatoms. The molecule has 1 rings (SSSR count). The summed E-state index contributed by atoms with van der Waals surface area (Å²) in [6, 6.07) is 2.29. The van der Waals surface area contributed by atoms with E-state index in [9.17, 15) is 0 Å². The largest absolute Gasteiger partial charge is 0.399 e. The number of nitriles is 1. The first-order chi connectivity index (χ1) is 5.72. The van der Waals surface area contributed by atoms with Crippen molar-refractivity contribution in [3.63, 3.8) is 0 Å². The van der Waals surface area contributed by atoms with Crippen LogP contribution >= 0.6 is 0 Å². The minimum Gasteiger partial charge on any atom is -0.399 e. The number of hydrogen-bond donors (Lipinski definition) is 0. The molecule has 0 amide bonds. The minimum absolute atomic E-state index is 0.208. The van der Waals surface area contributed by atoms with Crippen molar-refractivity contribution in [2.75, 3.05) is 0 Å². The first kappa shape index (κ1) is 10.7. The zero-order valence-electron chi connectivity index (χ0n) is 9.27. The van der Waals surface area contributed by atoms with Crippen molar-refractivity contribution < 1.29 is 4.43 Å². The van der Waals surface area contributed by atoms with Gasteiger partial charge in [-0.25, -0.2) is 0 Å². The zero-order chi connectivity index (χ0) is 10.3. The first-order valence-corrected chi connectivity index (χ1v) is 7.75. The summed E-state index contributed by atoms with van der Waals surface area (Å²) in [5.74, 6) is 0. The molecule has 1 aliphatic rings. The molecule has 1 saturated carbocycles. The van der Waals surface area contributed by atoms with Crippen molar-refractivity contribution in [3.05, 3.63) is 0 Å². The summed E-state index contributed by atoms with van der Waals surface area (Å²) in [4.78, 5) is 0. The molecule has 1 aliphatic carbocycles. The topological polar surface area (TPSA) is 33.0 Å². The maximum Gasteiger partial charge on any atom is 0.194 e. The van der Waals surface area contributed by atoms with Gasteiger partial charge in [-0.05, 0) is 31.0 Å². The highest BCUT2D eigenvalue weighted by Gasteiger charge is 2.51. The Kier molecular flexibility index (Phi) is 2.34. The molecular weight excluding hydrogens is 178 g/mol. The van der Waals surface area contributed by atoms with E-state index in [2.05, 4.69) is 39.9 Å². The van der Waals surface area contributed by atoms with Crippen LogP contribution in [0.1, 0.15) is 33.6 Å². The predicted molar refractivity (Wildman–Crippen MR) is 55.9 cm³/mol. The maximum absolute atomic E-state index is 8.93. The molecule has 0 atom stereocenters. The van der Waals surface area contributed by atoms with Crippen LogP contribution in [-0.2, 0) is 4.43 Å². The van der Waals surface area contributed by atoms with Gasteiger partial charge in [0.1, 0.15) is 5.60 Å². The lowest BCUT2D eigenvalue weighted by molar-refractivity contribution is 0.212. The van der Waals surface area contributed by atoms with Gasteiger partial charge in [0.15, 0.2) is 8.32 Å². The van der Waals surface area contributed by atoms with E-state index in [0.717, 1.165) is 12.8 Å². The third-order valence-electron chi connectivity index (χ3n) is 3.16. The summed E-state index contributed by atoms with van der Waals surface area (Å²) in [5, 5.41) is 9.14. The van der Waals surface area contributed by atoms with Crippen molar-refractivity contribution in [1.29, 1.82) is 5.26 Å². The fourth-order valence-corrected chi connectivity index (χ4v) is 2.52. The van der Waals surface area contributed by atoms with Crippen LogP contribution in [0, 0.1) is 11.3 Å².